The minimum atomic E-state index is -5.09. The molecule has 0 radical (unpaired) electrons. The molecule has 0 unspecified atom stereocenters. The molecular weight excluding hydrogens is 309 g/mol. The van der Waals surface area contributed by atoms with E-state index in [4.69, 9.17) is 0 Å². The molecule has 2 rings (SSSR count). The summed E-state index contributed by atoms with van der Waals surface area (Å²) in [6, 6.07) is 14.0. The summed E-state index contributed by atoms with van der Waals surface area (Å²) in [5.74, 6) is -2.90. The molecule has 0 amide bonds. The van der Waals surface area contributed by atoms with Gasteiger partial charge in [-0.3, -0.25) is 4.79 Å². The molecule has 0 atom stereocenters. The maximum Gasteiger partial charge on any atom is 0.491 e. The number of rotatable bonds is 4. The third-order valence-electron chi connectivity index (χ3n) is 2.83. The van der Waals surface area contributed by atoms with E-state index in [1.54, 1.807) is 36.4 Å². The van der Waals surface area contributed by atoms with E-state index in [0.717, 1.165) is 0 Å². The van der Waals surface area contributed by atoms with Gasteiger partial charge >= 0.3 is 12.1 Å². The van der Waals surface area contributed by atoms with Crippen LogP contribution in [-0.2, 0) is 4.79 Å². The van der Waals surface area contributed by atoms with Crippen LogP contribution in [0.5, 0.6) is 5.75 Å². The van der Waals surface area contributed by atoms with Crippen LogP contribution in [0, 0.1) is 0 Å². The van der Waals surface area contributed by atoms with Gasteiger partial charge in [0.1, 0.15) is 5.75 Å². The number of alkyl halides is 3. The van der Waals surface area contributed by atoms with E-state index < -0.39 is 12.1 Å². The van der Waals surface area contributed by atoms with Gasteiger partial charge in [0.2, 0.25) is 0 Å². The molecule has 6 heteroatoms. The fourth-order valence-electron chi connectivity index (χ4n) is 1.73. The molecule has 118 valence electrons. The van der Waals surface area contributed by atoms with E-state index in [-0.39, 0.29) is 17.1 Å². The van der Waals surface area contributed by atoms with Crippen molar-refractivity contribution in [2.75, 3.05) is 0 Å². The topological polar surface area (TPSA) is 43.4 Å². The van der Waals surface area contributed by atoms with Crippen molar-refractivity contribution in [2.45, 2.75) is 6.18 Å². The Bertz CT molecular complexity index is 734. The van der Waals surface area contributed by atoms with Gasteiger partial charge in [0.25, 0.3) is 0 Å². The molecule has 0 saturated carbocycles. The van der Waals surface area contributed by atoms with Crippen LogP contribution in [0.2, 0.25) is 0 Å². The Morgan fingerprint density at radius 3 is 2.17 bits per heavy atom. The summed E-state index contributed by atoms with van der Waals surface area (Å²) < 4.78 is 41.1. The van der Waals surface area contributed by atoms with Crippen molar-refractivity contribution in [1.29, 1.82) is 0 Å². The van der Waals surface area contributed by atoms with E-state index >= 15 is 0 Å². The van der Waals surface area contributed by atoms with Crippen LogP contribution in [0.1, 0.15) is 15.9 Å². The zero-order valence-corrected chi connectivity index (χ0v) is 11.7. The SMILES string of the molecule is O=C(/C=C/c1ccccc1OC(=O)C(F)(F)F)c1ccccc1. The van der Waals surface area contributed by atoms with Gasteiger partial charge in [-0.25, -0.2) is 4.79 Å². The normalized spacial score (nSPS) is 11.4. The summed E-state index contributed by atoms with van der Waals surface area (Å²) in [6.45, 7) is 0. The number of para-hydroxylation sites is 1. The van der Waals surface area contributed by atoms with Crippen LogP contribution in [0.25, 0.3) is 6.08 Å². The third kappa shape index (κ3) is 4.54. The number of hydrogen-bond donors (Lipinski definition) is 0. The standard InChI is InChI=1S/C17H11F3O3/c18-17(19,20)16(22)23-15-9-5-4-8-13(15)10-11-14(21)12-6-2-1-3-7-12/h1-11H/b11-10+. The number of hydrogen-bond acceptors (Lipinski definition) is 3. The molecule has 0 saturated heterocycles. The first-order chi connectivity index (χ1) is 10.9. The van der Waals surface area contributed by atoms with Crippen LogP contribution in [0.4, 0.5) is 13.2 Å². The van der Waals surface area contributed by atoms with Crippen LogP contribution < -0.4 is 4.74 Å². The highest BCUT2D eigenvalue weighted by molar-refractivity contribution is 6.06. The minimum absolute atomic E-state index is 0.189. The Morgan fingerprint density at radius 2 is 1.52 bits per heavy atom. The van der Waals surface area contributed by atoms with Gasteiger partial charge in [0.05, 0.1) is 0 Å². The summed E-state index contributed by atoms with van der Waals surface area (Å²) >= 11 is 0. The number of allylic oxidation sites excluding steroid dienone is 1. The van der Waals surface area contributed by atoms with Crippen molar-refractivity contribution in [2.24, 2.45) is 0 Å². The molecule has 2 aromatic rings. The average molecular weight is 320 g/mol. The second-order valence-corrected chi connectivity index (χ2v) is 4.49. The Labute approximate surface area is 130 Å². The summed E-state index contributed by atoms with van der Waals surface area (Å²) in [7, 11) is 0. The summed E-state index contributed by atoms with van der Waals surface area (Å²) in [6.07, 6.45) is -2.58. The Morgan fingerprint density at radius 1 is 0.913 bits per heavy atom. The predicted octanol–water partition coefficient (Wildman–Crippen LogP) is 4.05. The highest BCUT2D eigenvalue weighted by Gasteiger charge is 2.41. The molecule has 3 nitrogen and oxygen atoms in total. The van der Waals surface area contributed by atoms with Gasteiger partial charge in [0, 0.05) is 11.1 Å². The van der Waals surface area contributed by atoms with Crippen LogP contribution in [-0.4, -0.2) is 17.9 Å². The van der Waals surface area contributed by atoms with Gasteiger partial charge in [-0.2, -0.15) is 13.2 Å². The van der Waals surface area contributed by atoms with Gasteiger partial charge in [-0.1, -0.05) is 48.5 Å². The first kappa shape index (κ1) is 16.5. The van der Waals surface area contributed by atoms with Crippen molar-refractivity contribution in [3.63, 3.8) is 0 Å². The number of esters is 1. The first-order valence-corrected chi connectivity index (χ1v) is 6.53. The van der Waals surface area contributed by atoms with E-state index in [1.165, 1.54) is 30.4 Å². The lowest BCUT2D eigenvalue weighted by Gasteiger charge is -2.09. The van der Waals surface area contributed by atoms with Crippen LogP contribution in [0.15, 0.2) is 60.7 Å². The molecule has 0 aromatic heterocycles. The van der Waals surface area contributed by atoms with Crippen molar-refractivity contribution in [3.8, 4) is 5.75 Å². The first-order valence-electron chi connectivity index (χ1n) is 6.53. The van der Waals surface area contributed by atoms with Gasteiger partial charge < -0.3 is 4.74 Å². The van der Waals surface area contributed by atoms with E-state index in [9.17, 15) is 22.8 Å². The number of ether oxygens (including phenoxy) is 1. The molecule has 0 aliphatic rings. The number of carbonyl (C=O) groups is 2. The maximum absolute atomic E-state index is 12.3. The monoisotopic (exact) mass is 320 g/mol. The summed E-state index contributed by atoms with van der Waals surface area (Å²) in [5, 5.41) is 0. The molecule has 0 aliphatic heterocycles. The molecule has 0 heterocycles. The lowest BCUT2D eigenvalue weighted by molar-refractivity contribution is -0.189. The Balaban J connectivity index is 2.19. The zero-order chi connectivity index (χ0) is 16.9. The van der Waals surface area contributed by atoms with Gasteiger partial charge in [0.15, 0.2) is 5.78 Å². The van der Waals surface area contributed by atoms with E-state index in [0.29, 0.717) is 5.56 Å². The molecule has 23 heavy (non-hydrogen) atoms. The highest BCUT2D eigenvalue weighted by Crippen LogP contribution is 2.24. The molecule has 0 fully saturated rings. The highest BCUT2D eigenvalue weighted by atomic mass is 19.4. The lowest BCUT2D eigenvalue weighted by atomic mass is 10.1. The molecule has 0 aliphatic carbocycles. The second-order valence-electron chi connectivity index (χ2n) is 4.49. The minimum Gasteiger partial charge on any atom is -0.419 e. The molecule has 0 spiro atoms. The van der Waals surface area contributed by atoms with E-state index in [2.05, 4.69) is 4.74 Å². The molecule has 0 bridgehead atoms. The fourth-order valence-corrected chi connectivity index (χ4v) is 1.73. The number of halogens is 3. The maximum atomic E-state index is 12.3. The van der Waals surface area contributed by atoms with Crippen LogP contribution in [0.3, 0.4) is 0 Å². The predicted molar refractivity (Wildman–Crippen MR) is 77.9 cm³/mol. The summed E-state index contributed by atoms with van der Waals surface area (Å²) in [5.41, 5.74) is 0.628. The lowest BCUT2D eigenvalue weighted by Crippen LogP contribution is -2.28. The fraction of sp³-hybridized carbons (Fsp3) is 0.0588. The average Bonchev–Trinajstić information content (AvgIpc) is 2.53. The molecule has 0 N–H and O–H groups in total. The van der Waals surface area contributed by atoms with Crippen molar-refractivity contribution in [1.82, 2.24) is 0 Å². The molecule has 2 aromatic carbocycles. The van der Waals surface area contributed by atoms with Gasteiger partial charge in [-0.05, 0) is 18.2 Å². The number of benzene rings is 2. The van der Waals surface area contributed by atoms with Crippen molar-refractivity contribution >= 4 is 17.8 Å². The zero-order valence-electron chi connectivity index (χ0n) is 11.7. The third-order valence-corrected chi connectivity index (χ3v) is 2.83. The van der Waals surface area contributed by atoms with E-state index in [1.807, 2.05) is 0 Å². The smallest absolute Gasteiger partial charge is 0.419 e. The van der Waals surface area contributed by atoms with Crippen molar-refractivity contribution in [3.05, 3.63) is 71.8 Å². The Kier molecular flexibility index (Phi) is 4.95. The molecular formula is C17H11F3O3. The number of ketones is 1. The quantitative estimate of drug-likeness (QED) is 0.369. The Hall–Kier alpha value is -2.89. The van der Waals surface area contributed by atoms with Gasteiger partial charge in [-0.15, -0.1) is 0 Å². The van der Waals surface area contributed by atoms with Crippen molar-refractivity contribution < 1.29 is 27.5 Å². The largest absolute Gasteiger partial charge is 0.491 e. The summed E-state index contributed by atoms with van der Waals surface area (Å²) in [4.78, 5) is 22.8. The second kappa shape index (κ2) is 6.91. The number of carbonyl (C=O) groups excluding carboxylic acids is 2. The van der Waals surface area contributed by atoms with Crippen LogP contribution >= 0.6 is 0 Å².